The number of alkyl halides is 2. The maximum Gasteiger partial charge on any atom is 0.341 e. The quantitative estimate of drug-likeness (QED) is 0.820. The van der Waals surface area contributed by atoms with Crippen molar-refractivity contribution in [3.63, 3.8) is 0 Å². The predicted octanol–water partition coefficient (Wildman–Crippen LogP) is 1.65. The molecular weight excluding hydrogens is 328 g/mol. The van der Waals surface area contributed by atoms with E-state index in [4.69, 9.17) is 0 Å². The van der Waals surface area contributed by atoms with Gasteiger partial charge in [-0.25, -0.2) is 8.42 Å². The molecule has 0 aromatic heterocycles. The fourth-order valence-electron chi connectivity index (χ4n) is 2.80. The van der Waals surface area contributed by atoms with E-state index in [1.807, 2.05) is 0 Å². The van der Waals surface area contributed by atoms with Crippen LogP contribution in [-0.4, -0.2) is 37.3 Å². The highest BCUT2D eigenvalue weighted by atomic mass is 32.2. The highest BCUT2D eigenvalue weighted by Crippen LogP contribution is 2.29. The highest BCUT2D eigenvalue weighted by molar-refractivity contribution is 7.91. The molecule has 0 heterocycles. The monoisotopic (exact) mass is 347 g/mol. The number of nitrogens with one attached hydrogen (secondary N) is 1. The number of aliphatic hydroxyl groups is 1. The van der Waals surface area contributed by atoms with E-state index in [-0.39, 0.29) is 18.9 Å². The minimum atomic E-state index is -4.62. The fourth-order valence-corrected chi connectivity index (χ4v) is 3.52. The molecule has 0 atom stereocenters. The van der Waals surface area contributed by atoms with Crippen molar-refractivity contribution in [1.82, 2.24) is 5.32 Å². The number of hydrogen-bond donors (Lipinski definition) is 2. The summed E-state index contributed by atoms with van der Waals surface area (Å²) < 4.78 is 47.5. The number of hydrogen-bond acceptors (Lipinski definition) is 4. The molecule has 1 aromatic rings. The van der Waals surface area contributed by atoms with Crippen molar-refractivity contribution in [2.24, 2.45) is 0 Å². The molecule has 1 aliphatic rings. The van der Waals surface area contributed by atoms with E-state index in [1.54, 1.807) is 0 Å². The van der Waals surface area contributed by atoms with E-state index < -0.39 is 26.0 Å². The number of amides is 1. The van der Waals surface area contributed by atoms with E-state index in [0.717, 1.165) is 37.8 Å². The lowest BCUT2D eigenvalue weighted by Crippen LogP contribution is -2.49. The van der Waals surface area contributed by atoms with Gasteiger partial charge in [-0.15, -0.1) is 0 Å². The van der Waals surface area contributed by atoms with Crippen LogP contribution in [0.25, 0.3) is 0 Å². The summed E-state index contributed by atoms with van der Waals surface area (Å²) in [5.74, 6) is -3.76. The van der Waals surface area contributed by atoms with Crippen molar-refractivity contribution in [2.75, 3.05) is 6.61 Å². The average Bonchev–Trinajstić information content (AvgIpc) is 2.96. The van der Waals surface area contributed by atoms with Gasteiger partial charge in [0.25, 0.3) is 0 Å². The summed E-state index contributed by atoms with van der Waals surface area (Å²) in [7, 11) is -4.62. The molecule has 0 unspecified atom stereocenters. The minimum absolute atomic E-state index is 0.00322. The third-order valence-electron chi connectivity index (χ3n) is 4.12. The second-order valence-corrected chi connectivity index (χ2v) is 7.74. The van der Waals surface area contributed by atoms with Gasteiger partial charge in [0.15, 0.2) is 0 Å². The molecule has 23 heavy (non-hydrogen) atoms. The molecule has 0 saturated heterocycles. The van der Waals surface area contributed by atoms with Crippen LogP contribution in [0, 0.1) is 0 Å². The van der Waals surface area contributed by atoms with Crippen molar-refractivity contribution < 1.29 is 27.1 Å². The number of halogens is 2. The van der Waals surface area contributed by atoms with Gasteiger partial charge in [0.1, 0.15) is 0 Å². The zero-order valence-electron chi connectivity index (χ0n) is 12.5. The second-order valence-electron chi connectivity index (χ2n) is 5.82. The Hall–Kier alpha value is -1.54. The molecule has 128 valence electrons. The first-order chi connectivity index (χ1) is 10.8. The molecule has 1 aliphatic carbocycles. The van der Waals surface area contributed by atoms with Gasteiger partial charge in [0.2, 0.25) is 15.7 Å². The van der Waals surface area contributed by atoms with Crippen LogP contribution in [0.3, 0.4) is 0 Å². The van der Waals surface area contributed by atoms with Crippen LogP contribution >= 0.6 is 0 Å². The SMILES string of the molecule is O=C(Cc1ccc(S(=O)(=O)C(F)F)cc1)NC1(CO)CCCC1. The Kier molecular flexibility index (Phi) is 5.36. The van der Waals surface area contributed by atoms with Crippen LogP contribution in [0.15, 0.2) is 29.2 Å². The summed E-state index contributed by atoms with van der Waals surface area (Å²) in [5.41, 5.74) is -0.0578. The molecule has 8 heteroatoms. The minimum Gasteiger partial charge on any atom is -0.394 e. The Morgan fingerprint density at radius 2 is 1.78 bits per heavy atom. The Morgan fingerprint density at radius 3 is 2.26 bits per heavy atom. The normalized spacial score (nSPS) is 17.4. The van der Waals surface area contributed by atoms with Crippen LogP contribution in [0.2, 0.25) is 0 Å². The van der Waals surface area contributed by atoms with Crippen molar-refractivity contribution in [3.8, 4) is 0 Å². The summed E-state index contributed by atoms with van der Waals surface area (Å²) in [6, 6.07) is 4.83. The largest absolute Gasteiger partial charge is 0.394 e. The lowest BCUT2D eigenvalue weighted by atomic mass is 9.98. The lowest BCUT2D eigenvalue weighted by molar-refractivity contribution is -0.122. The molecular formula is C15H19F2NO4S. The molecule has 1 fully saturated rings. The lowest BCUT2D eigenvalue weighted by Gasteiger charge is -2.28. The Balaban J connectivity index is 2.02. The number of sulfone groups is 1. The zero-order chi connectivity index (χ0) is 17.1. The summed E-state index contributed by atoms with van der Waals surface area (Å²) in [4.78, 5) is 11.6. The van der Waals surface area contributed by atoms with E-state index in [0.29, 0.717) is 5.56 Å². The van der Waals surface area contributed by atoms with Gasteiger partial charge in [-0.2, -0.15) is 8.78 Å². The van der Waals surface area contributed by atoms with Gasteiger partial charge in [0.05, 0.1) is 23.5 Å². The molecule has 0 aliphatic heterocycles. The topological polar surface area (TPSA) is 83.5 Å². The van der Waals surface area contributed by atoms with E-state index in [1.165, 1.54) is 12.1 Å². The summed E-state index contributed by atoms with van der Waals surface area (Å²) >= 11 is 0. The maximum absolute atomic E-state index is 12.4. The zero-order valence-corrected chi connectivity index (χ0v) is 13.3. The van der Waals surface area contributed by atoms with E-state index in [9.17, 15) is 27.1 Å². The van der Waals surface area contributed by atoms with Crippen LogP contribution in [0.5, 0.6) is 0 Å². The van der Waals surface area contributed by atoms with Gasteiger partial charge >= 0.3 is 5.76 Å². The van der Waals surface area contributed by atoms with Crippen molar-refractivity contribution in [2.45, 2.75) is 48.3 Å². The van der Waals surface area contributed by atoms with Gasteiger partial charge in [-0.05, 0) is 30.5 Å². The first-order valence-electron chi connectivity index (χ1n) is 7.32. The predicted molar refractivity (Wildman–Crippen MR) is 79.8 cm³/mol. The van der Waals surface area contributed by atoms with Crippen molar-refractivity contribution in [1.29, 1.82) is 0 Å². The highest BCUT2D eigenvalue weighted by Gasteiger charge is 2.34. The molecule has 0 radical (unpaired) electrons. The van der Waals surface area contributed by atoms with Crippen LogP contribution in [0.4, 0.5) is 8.78 Å². The Morgan fingerprint density at radius 1 is 1.22 bits per heavy atom. The van der Waals surface area contributed by atoms with Crippen molar-refractivity contribution in [3.05, 3.63) is 29.8 Å². The standard InChI is InChI=1S/C15H19F2NO4S/c16-14(17)23(21,22)12-5-3-11(4-6-12)9-13(20)18-15(10-19)7-1-2-8-15/h3-6,14,19H,1-2,7-10H2,(H,18,20). The van der Waals surface area contributed by atoms with Crippen LogP contribution in [-0.2, 0) is 21.1 Å². The smallest absolute Gasteiger partial charge is 0.341 e. The number of benzene rings is 1. The third kappa shape index (κ3) is 4.06. The van der Waals surface area contributed by atoms with Gasteiger partial charge in [-0.1, -0.05) is 25.0 Å². The summed E-state index contributed by atoms with van der Waals surface area (Å²) in [6.07, 6.45) is 3.33. The maximum atomic E-state index is 12.4. The van der Waals surface area contributed by atoms with Gasteiger partial charge in [0, 0.05) is 0 Å². The number of carbonyl (C=O) groups excluding carboxylic acids is 1. The first-order valence-corrected chi connectivity index (χ1v) is 8.87. The van der Waals surface area contributed by atoms with Crippen LogP contribution < -0.4 is 5.32 Å². The van der Waals surface area contributed by atoms with Crippen LogP contribution in [0.1, 0.15) is 31.2 Å². The van der Waals surface area contributed by atoms with E-state index in [2.05, 4.69) is 5.32 Å². The molecule has 1 aromatic carbocycles. The van der Waals surface area contributed by atoms with Gasteiger partial charge in [-0.3, -0.25) is 4.79 Å². The molecule has 2 rings (SSSR count). The molecule has 1 saturated carbocycles. The van der Waals surface area contributed by atoms with Crippen molar-refractivity contribution >= 4 is 15.7 Å². The Labute approximate surface area is 133 Å². The number of aliphatic hydroxyl groups excluding tert-OH is 1. The number of carbonyl (C=O) groups is 1. The third-order valence-corrected chi connectivity index (χ3v) is 5.52. The average molecular weight is 347 g/mol. The van der Waals surface area contributed by atoms with E-state index >= 15 is 0 Å². The summed E-state index contributed by atoms with van der Waals surface area (Å²) in [5, 5.41) is 12.3. The molecule has 0 spiro atoms. The number of rotatable bonds is 6. The molecule has 1 amide bonds. The molecule has 0 bridgehead atoms. The van der Waals surface area contributed by atoms with Gasteiger partial charge < -0.3 is 10.4 Å². The molecule has 5 nitrogen and oxygen atoms in total. The second kappa shape index (κ2) is 6.92. The fraction of sp³-hybridized carbons (Fsp3) is 0.533. The summed E-state index contributed by atoms with van der Waals surface area (Å²) in [6.45, 7) is -0.121. The Bertz CT molecular complexity index is 653. The first kappa shape index (κ1) is 17.8. The molecule has 2 N–H and O–H groups in total.